The van der Waals surface area contributed by atoms with E-state index in [2.05, 4.69) is 10.5 Å². The smallest absolute Gasteiger partial charge is 0.428 e. The Bertz CT molecular complexity index is 214. The van der Waals surface area contributed by atoms with Crippen molar-refractivity contribution in [3.8, 4) is 0 Å². The summed E-state index contributed by atoms with van der Waals surface area (Å²) in [6.07, 6.45) is 3.62. The third-order valence-corrected chi connectivity index (χ3v) is 1.46. The molecule has 74 valence electrons. The molecule has 0 aliphatic heterocycles. The van der Waals surface area contributed by atoms with Crippen LogP contribution >= 0.6 is 0 Å². The molecule has 0 bridgehead atoms. The van der Waals surface area contributed by atoms with Crippen LogP contribution in [0.15, 0.2) is 5.10 Å². The van der Waals surface area contributed by atoms with Crippen LogP contribution in [0.1, 0.15) is 33.6 Å². The number of nitrogens with zero attached hydrogens (tertiary/aromatic N) is 1. The van der Waals surface area contributed by atoms with E-state index >= 15 is 0 Å². The average Bonchev–Trinajstić information content (AvgIpc) is 2.66. The van der Waals surface area contributed by atoms with Gasteiger partial charge in [-0.15, -0.1) is 0 Å². The minimum absolute atomic E-state index is 0.459. The molecule has 1 fully saturated rings. The zero-order valence-electron chi connectivity index (χ0n) is 8.33. The van der Waals surface area contributed by atoms with Gasteiger partial charge in [0.15, 0.2) is 0 Å². The van der Waals surface area contributed by atoms with Crippen molar-refractivity contribution in [2.45, 2.75) is 39.2 Å². The van der Waals surface area contributed by atoms with E-state index in [0.717, 1.165) is 0 Å². The van der Waals surface area contributed by atoms with Gasteiger partial charge in [-0.3, -0.25) is 0 Å². The molecule has 0 atom stereocenters. The van der Waals surface area contributed by atoms with Gasteiger partial charge in [0.25, 0.3) is 0 Å². The Morgan fingerprint density at radius 1 is 1.54 bits per heavy atom. The first-order chi connectivity index (χ1) is 5.97. The maximum Gasteiger partial charge on any atom is 0.428 e. The Balaban J connectivity index is 2.16. The largest absolute Gasteiger partial charge is 0.443 e. The molecule has 0 unspecified atom stereocenters. The second-order valence-corrected chi connectivity index (χ2v) is 4.23. The molecule has 0 aromatic carbocycles. The molecular weight excluding hydrogens is 168 g/mol. The molecule has 1 saturated carbocycles. The van der Waals surface area contributed by atoms with E-state index in [1.54, 1.807) is 6.21 Å². The Labute approximate surface area is 78.3 Å². The molecule has 4 nitrogen and oxygen atoms in total. The van der Waals surface area contributed by atoms with Gasteiger partial charge >= 0.3 is 6.09 Å². The standard InChI is InChI=1S/C9H16N2O2/c1-9(2,3)13-8(12)11-10-6-7-4-5-7/h6-7H,4-5H2,1-3H3,(H,11,12)/b10-6-. The number of amides is 1. The Morgan fingerprint density at radius 3 is 2.62 bits per heavy atom. The zero-order valence-corrected chi connectivity index (χ0v) is 8.33. The first-order valence-electron chi connectivity index (χ1n) is 4.49. The summed E-state index contributed by atoms with van der Waals surface area (Å²) in [5.74, 6) is 0.565. The van der Waals surface area contributed by atoms with E-state index in [9.17, 15) is 4.79 Å². The molecule has 4 heteroatoms. The van der Waals surface area contributed by atoms with Gasteiger partial charge in [-0.1, -0.05) is 0 Å². The third-order valence-electron chi connectivity index (χ3n) is 1.46. The molecule has 0 radical (unpaired) electrons. The van der Waals surface area contributed by atoms with E-state index in [-0.39, 0.29) is 0 Å². The third kappa shape index (κ3) is 5.22. The van der Waals surface area contributed by atoms with Crippen molar-refractivity contribution in [1.82, 2.24) is 5.43 Å². The number of nitrogens with one attached hydrogen (secondary N) is 1. The Kier molecular flexibility index (Phi) is 2.90. The highest BCUT2D eigenvalue weighted by Gasteiger charge is 2.19. The number of carbonyl (C=O) groups excluding carboxylic acids is 1. The predicted molar refractivity (Wildman–Crippen MR) is 50.6 cm³/mol. The highest BCUT2D eigenvalue weighted by atomic mass is 16.6. The van der Waals surface area contributed by atoms with E-state index in [4.69, 9.17) is 4.74 Å². The van der Waals surface area contributed by atoms with Crippen LogP contribution in [0, 0.1) is 5.92 Å². The lowest BCUT2D eigenvalue weighted by atomic mass is 10.2. The van der Waals surface area contributed by atoms with Gasteiger partial charge < -0.3 is 4.74 Å². The van der Waals surface area contributed by atoms with Crippen molar-refractivity contribution >= 4 is 12.3 Å². The number of ether oxygens (including phenoxy) is 1. The molecule has 0 saturated heterocycles. The molecule has 0 heterocycles. The van der Waals surface area contributed by atoms with E-state index in [1.807, 2.05) is 20.8 Å². The summed E-state index contributed by atoms with van der Waals surface area (Å²) in [4.78, 5) is 11.0. The lowest BCUT2D eigenvalue weighted by Gasteiger charge is -2.18. The maximum atomic E-state index is 11.0. The SMILES string of the molecule is CC(C)(C)OC(=O)N/N=C\C1CC1. The summed E-state index contributed by atoms with van der Waals surface area (Å²) in [5.41, 5.74) is 1.86. The number of rotatable bonds is 2. The van der Waals surface area contributed by atoms with Crippen LogP contribution in [-0.2, 0) is 4.74 Å². The fourth-order valence-corrected chi connectivity index (χ4v) is 0.742. The summed E-state index contributed by atoms with van der Waals surface area (Å²) in [7, 11) is 0. The predicted octanol–water partition coefficient (Wildman–Crippen LogP) is 1.91. The van der Waals surface area contributed by atoms with Crippen molar-refractivity contribution in [2.24, 2.45) is 11.0 Å². The first kappa shape index (κ1) is 10.0. The zero-order chi connectivity index (χ0) is 9.90. The van der Waals surface area contributed by atoms with Gasteiger partial charge in [0, 0.05) is 6.21 Å². The summed E-state index contributed by atoms with van der Waals surface area (Å²) in [6, 6.07) is 0. The Hall–Kier alpha value is -1.06. The van der Waals surface area contributed by atoms with Crippen LogP contribution in [0.25, 0.3) is 0 Å². The summed E-state index contributed by atoms with van der Waals surface area (Å²) < 4.78 is 4.98. The van der Waals surface area contributed by atoms with Crippen LogP contribution in [0.2, 0.25) is 0 Å². The fraction of sp³-hybridized carbons (Fsp3) is 0.778. The first-order valence-corrected chi connectivity index (χ1v) is 4.49. The molecule has 1 N–H and O–H groups in total. The molecule has 1 amide bonds. The second-order valence-electron chi connectivity index (χ2n) is 4.23. The molecule has 0 spiro atoms. The highest BCUT2D eigenvalue weighted by molar-refractivity contribution is 5.70. The van der Waals surface area contributed by atoms with Gasteiger partial charge in [-0.2, -0.15) is 5.10 Å². The van der Waals surface area contributed by atoms with E-state index < -0.39 is 11.7 Å². The van der Waals surface area contributed by atoms with Crippen molar-refractivity contribution in [3.05, 3.63) is 0 Å². The molecular formula is C9H16N2O2. The highest BCUT2D eigenvalue weighted by Crippen LogP contribution is 2.25. The van der Waals surface area contributed by atoms with Gasteiger partial charge in [0.05, 0.1) is 0 Å². The van der Waals surface area contributed by atoms with Gasteiger partial charge in [0.2, 0.25) is 0 Å². The van der Waals surface area contributed by atoms with Gasteiger partial charge in [-0.05, 0) is 39.5 Å². The number of carbonyl (C=O) groups is 1. The monoisotopic (exact) mass is 184 g/mol. The Morgan fingerprint density at radius 2 is 2.15 bits per heavy atom. The lowest BCUT2D eigenvalue weighted by molar-refractivity contribution is 0.0529. The summed E-state index contributed by atoms with van der Waals surface area (Å²) >= 11 is 0. The topological polar surface area (TPSA) is 50.7 Å². The van der Waals surface area contributed by atoms with Crippen LogP contribution in [0.3, 0.4) is 0 Å². The molecule has 13 heavy (non-hydrogen) atoms. The molecule has 1 rings (SSSR count). The normalized spacial score (nSPS) is 17.5. The summed E-state index contributed by atoms with van der Waals surface area (Å²) in [5, 5.41) is 3.77. The van der Waals surface area contributed by atoms with Crippen molar-refractivity contribution < 1.29 is 9.53 Å². The van der Waals surface area contributed by atoms with Gasteiger partial charge in [-0.25, -0.2) is 10.2 Å². The maximum absolute atomic E-state index is 11.0. The fourth-order valence-electron chi connectivity index (χ4n) is 0.742. The molecule has 1 aliphatic carbocycles. The second kappa shape index (κ2) is 3.77. The lowest BCUT2D eigenvalue weighted by Crippen LogP contribution is -2.29. The van der Waals surface area contributed by atoms with Crippen molar-refractivity contribution in [2.75, 3.05) is 0 Å². The van der Waals surface area contributed by atoms with Crippen molar-refractivity contribution in [3.63, 3.8) is 0 Å². The number of hydrogen-bond donors (Lipinski definition) is 1. The molecule has 0 aromatic rings. The molecule has 0 aromatic heterocycles. The molecule has 1 aliphatic rings. The minimum atomic E-state index is -0.496. The van der Waals surface area contributed by atoms with E-state index in [0.29, 0.717) is 5.92 Å². The summed E-state index contributed by atoms with van der Waals surface area (Å²) in [6.45, 7) is 5.45. The minimum Gasteiger partial charge on any atom is -0.443 e. The average molecular weight is 184 g/mol. The van der Waals surface area contributed by atoms with Crippen LogP contribution in [0.4, 0.5) is 4.79 Å². The van der Waals surface area contributed by atoms with Crippen LogP contribution in [0.5, 0.6) is 0 Å². The van der Waals surface area contributed by atoms with E-state index in [1.165, 1.54) is 12.8 Å². The van der Waals surface area contributed by atoms with Crippen molar-refractivity contribution in [1.29, 1.82) is 0 Å². The van der Waals surface area contributed by atoms with Crippen LogP contribution < -0.4 is 5.43 Å². The van der Waals surface area contributed by atoms with Crippen LogP contribution in [-0.4, -0.2) is 17.9 Å². The number of hydrogen-bond acceptors (Lipinski definition) is 3. The quantitative estimate of drug-likeness (QED) is 0.526. The number of hydrazone groups is 1. The van der Waals surface area contributed by atoms with Gasteiger partial charge in [0.1, 0.15) is 5.60 Å².